The quantitative estimate of drug-likeness (QED) is 0.448. The molecular weight excluding hydrogens is 430 g/mol. The number of carboxylic acid groups (broad SMARTS) is 2. The highest BCUT2D eigenvalue weighted by atomic mass is 16.5. The molecule has 1 aliphatic carbocycles. The molecule has 0 radical (unpaired) electrons. The molecular formula is C23H27N3O7. The van der Waals surface area contributed by atoms with Gasteiger partial charge in [0.15, 0.2) is 0 Å². The lowest BCUT2D eigenvalue weighted by atomic mass is 9.96. The molecule has 2 aliphatic rings. The zero-order valence-electron chi connectivity index (χ0n) is 18.2. The van der Waals surface area contributed by atoms with Crippen LogP contribution in [0.2, 0.25) is 0 Å². The summed E-state index contributed by atoms with van der Waals surface area (Å²) >= 11 is 0. The smallest absolute Gasteiger partial charge is 0.362 e. The van der Waals surface area contributed by atoms with Crippen LogP contribution in [0, 0.1) is 5.92 Å². The summed E-state index contributed by atoms with van der Waals surface area (Å²) in [4.78, 5) is 38.6. The molecule has 4 N–H and O–H groups in total. The van der Waals surface area contributed by atoms with Crippen LogP contribution in [0.25, 0.3) is 11.1 Å². The zero-order chi connectivity index (χ0) is 23.9. The number of likely N-dealkylation sites (tertiary alicyclic amines) is 1. The number of rotatable bonds is 8. The summed E-state index contributed by atoms with van der Waals surface area (Å²) in [6, 6.07) is 9.23. The number of aliphatic hydroxyl groups excluding tert-OH is 1. The molecule has 0 unspecified atom stereocenters. The number of benzene rings is 1. The fourth-order valence-corrected chi connectivity index (χ4v) is 4.82. The Morgan fingerprint density at radius 1 is 1.21 bits per heavy atom. The number of carboxylic acids is 2. The maximum absolute atomic E-state index is 13.2. The minimum Gasteiger partial charge on any atom is -0.479 e. The fourth-order valence-electron chi connectivity index (χ4n) is 4.82. The van der Waals surface area contributed by atoms with E-state index in [1.54, 1.807) is 12.1 Å². The monoisotopic (exact) mass is 457 g/mol. The van der Waals surface area contributed by atoms with Gasteiger partial charge in [0.2, 0.25) is 6.10 Å². The molecule has 2 fully saturated rings. The molecule has 0 amide bonds. The van der Waals surface area contributed by atoms with E-state index < -0.39 is 29.3 Å². The molecule has 0 bridgehead atoms. The lowest BCUT2D eigenvalue weighted by Crippen LogP contribution is -2.59. The van der Waals surface area contributed by atoms with Crippen molar-refractivity contribution in [2.24, 2.45) is 5.92 Å². The van der Waals surface area contributed by atoms with Gasteiger partial charge >= 0.3 is 11.9 Å². The van der Waals surface area contributed by atoms with Crippen LogP contribution in [0.15, 0.2) is 41.3 Å². The average Bonchev–Trinajstić information content (AvgIpc) is 3.44. The molecule has 1 aromatic carbocycles. The van der Waals surface area contributed by atoms with Gasteiger partial charge in [0.05, 0.1) is 5.56 Å². The standard InChI is InChI=1S/C23H27N3O7/c1-13-5-4-10-25(13)12-14-11-18(14)16-7-3-2-6-15(16)17-8-9-24-26(20(17)28)23(33,22(31)32)19(27)21(29)30/h2-3,6-9,13-14,18-19,27,33H,4-5,10-12H2,1H3,(H,29,30)(H,31,32)/t13-,14+,18-,19+,23+/m0/s1. The molecule has 10 heteroatoms. The van der Waals surface area contributed by atoms with Crippen molar-refractivity contribution >= 4 is 11.9 Å². The van der Waals surface area contributed by atoms with Crippen LogP contribution in [0.1, 0.15) is 37.7 Å². The van der Waals surface area contributed by atoms with Gasteiger partial charge in [-0.25, -0.2) is 9.59 Å². The van der Waals surface area contributed by atoms with Crippen molar-refractivity contribution in [1.29, 1.82) is 0 Å². The summed E-state index contributed by atoms with van der Waals surface area (Å²) in [7, 11) is 0. The topological polar surface area (TPSA) is 153 Å². The maximum Gasteiger partial charge on any atom is 0.362 e. The van der Waals surface area contributed by atoms with Gasteiger partial charge in [-0.15, -0.1) is 0 Å². The van der Waals surface area contributed by atoms with Crippen molar-refractivity contribution in [2.75, 3.05) is 13.1 Å². The highest BCUT2D eigenvalue weighted by Gasteiger charge is 2.52. The van der Waals surface area contributed by atoms with Crippen LogP contribution in [0.5, 0.6) is 0 Å². The predicted molar refractivity (Wildman–Crippen MR) is 117 cm³/mol. The number of hydrogen-bond donors (Lipinski definition) is 4. The lowest BCUT2D eigenvalue weighted by molar-refractivity contribution is -0.204. The van der Waals surface area contributed by atoms with Crippen LogP contribution in [0.4, 0.5) is 0 Å². The van der Waals surface area contributed by atoms with Gasteiger partial charge in [-0.1, -0.05) is 24.3 Å². The Morgan fingerprint density at radius 2 is 1.94 bits per heavy atom. The Kier molecular flexibility index (Phi) is 6.08. The summed E-state index contributed by atoms with van der Waals surface area (Å²) in [6.45, 7) is 4.29. The zero-order valence-corrected chi connectivity index (χ0v) is 18.2. The van der Waals surface area contributed by atoms with E-state index in [0.29, 0.717) is 17.5 Å². The molecule has 1 aliphatic heterocycles. The van der Waals surface area contributed by atoms with E-state index in [0.717, 1.165) is 31.3 Å². The Morgan fingerprint density at radius 3 is 2.58 bits per heavy atom. The number of nitrogens with zero attached hydrogens (tertiary/aromatic N) is 3. The van der Waals surface area contributed by atoms with E-state index in [1.807, 2.05) is 12.1 Å². The van der Waals surface area contributed by atoms with Gasteiger partial charge in [0, 0.05) is 18.8 Å². The second-order valence-electron chi connectivity index (χ2n) is 8.91. The van der Waals surface area contributed by atoms with Gasteiger partial charge < -0.3 is 25.3 Å². The lowest BCUT2D eigenvalue weighted by Gasteiger charge is -2.27. The number of aromatic nitrogens is 2. The minimum atomic E-state index is -3.47. The van der Waals surface area contributed by atoms with Crippen molar-refractivity contribution in [3.63, 3.8) is 0 Å². The normalized spacial score (nSPS) is 25.4. The van der Waals surface area contributed by atoms with Crippen LogP contribution in [-0.4, -0.2) is 72.3 Å². The van der Waals surface area contributed by atoms with Crippen LogP contribution in [-0.2, 0) is 15.3 Å². The SMILES string of the molecule is C[C@H]1CCCN1C[C@H]1C[C@@H]1c1ccccc1-c1ccnn([C@](O)(C(=O)O)[C@H](O)C(=O)O)c1=O. The molecule has 33 heavy (non-hydrogen) atoms. The molecule has 2 heterocycles. The summed E-state index contributed by atoms with van der Waals surface area (Å²) in [5.74, 6) is -3.44. The first kappa shape index (κ1) is 23.1. The molecule has 1 aromatic heterocycles. The minimum absolute atomic E-state index is 0.0676. The van der Waals surface area contributed by atoms with Gasteiger partial charge in [-0.3, -0.25) is 4.79 Å². The molecule has 0 spiro atoms. The molecule has 2 aromatic rings. The first-order valence-electron chi connectivity index (χ1n) is 10.9. The van der Waals surface area contributed by atoms with Crippen molar-refractivity contribution in [3.8, 4) is 11.1 Å². The molecule has 4 rings (SSSR count). The largest absolute Gasteiger partial charge is 0.479 e. The van der Waals surface area contributed by atoms with Gasteiger partial charge in [-0.2, -0.15) is 9.78 Å². The Hall–Kier alpha value is -3.08. The van der Waals surface area contributed by atoms with Crippen molar-refractivity contribution < 1.29 is 30.0 Å². The van der Waals surface area contributed by atoms with Crippen molar-refractivity contribution in [3.05, 3.63) is 52.4 Å². The highest BCUT2D eigenvalue weighted by molar-refractivity contribution is 5.85. The second kappa shape index (κ2) is 8.69. The third-order valence-corrected chi connectivity index (χ3v) is 6.83. The van der Waals surface area contributed by atoms with E-state index in [2.05, 4.69) is 16.9 Å². The third-order valence-electron chi connectivity index (χ3n) is 6.83. The summed E-state index contributed by atoms with van der Waals surface area (Å²) in [6.07, 6.45) is 1.66. The summed E-state index contributed by atoms with van der Waals surface area (Å²) < 4.78 is 0.122. The second-order valence-corrected chi connectivity index (χ2v) is 8.91. The van der Waals surface area contributed by atoms with Gasteiger partial charge in [0.1, 0.15) is 0 Å². The fraction of sp³-hybridized carbons (Fsp3) is 0.478. The summed E-state index contributed by atoms with van der Waals surface area (Å²) in [5, 5.41) is 42.5. The van der Waals surface area contributed by atoms with Crippen LogP contribution in [0.3, 0.4) is 0 Å². The van der Waals surface area contributed by atoms with E-state index in [-0.39, 0.29) is 16.2 Å². The van der Waals surface area contributed by atoms with Gasteiger partial charge in [0.25, 0.3) is 11.3 Å². The maximum atomic E-state index is 13.2. The van der Waals surface area contributed by atoms with Gasteiger partial charge in [-0.05, 0) is 61.8 Å². The van der Waals surface area contributed by atoms with E-state index in [4.69, 9.17) is 5.11 Å². The molecule has 1 saturated heterocycles. The Bertz CT molecular complexity index is 1130. The average molecular weight is 457 g/mol. The van der Waals surface area contributed by atoms with E-state index in [1.165, 1.54) is 18.9 Å². The Balaban J connectivity index is 1.70. The van der Waals surface area contributed by atoms with Crippen molar-refractivity contribution in [1.82, 2.24) is 14.7 Å². The number of aliphatic hydroxyl groups is 2. The first-order valence-corrected chi connectivity index (χ1v) is 10.9. The van der Waals surface area contributed by atoms with Crippen molar-refractivity contribution in [2.45, 2.75) is 50.0 Å². The molecule has 10 nitrogen and oxygen atoms in total. The highest BCUT2D eigenvalue weighted by Crippen LogP contribution is 2.50. The van der Waals surface area contributed by atoms with Crippen LogP contribution < -0.4 is 5.56 Å². The first-order chi connectivity index (χ1) is 15.7. The predicted octanol–water partition coefficient (Wildman–Crippen LogP) is 0.673. The summed E-state index contributed by atoms with van der Waals surface area (Å²) in [5.41, 5.74) is -2.92. The van der Waals surface area contributed by atoms with E-state index in [9.17, 15) is 29.7 Å². The molecule has 176 valence electrons. The third kappa shape index (κ3) is 4.05. The van der Waals surface area contributed by atoms with E-state index >= 15 is 0 Å². The number of carbonyl (C=O) groups is 2. The number of aliphatic carboxylic acids is 2. The number of hydrogen-bond acceptors (Lipinski definition) is 7. The Labute approximate surface area is 189 Å². The molecule has 5 atom stereocenters. The van der Waals surface area contributed by atoms with Crippen LogP contribution >= 0.6 is 0 Å². The molecule has 1 saturated carbocycles.